The van der Waals surface area contributed by atoms with Crippen LogP contribution in [0.3, 0.4) is 0 Å². The van der Waals surface area contributed by atoms with E-state index in [0.29, 0.717) is 6.54 Å². The molecule has 1 heterocycles. The zero-order valence-corrected chi connectivity index (χ0v) is 10.7. The monoisotopic (exact) mass is 286 g/mol. The van der Waals surface area contributed by atoms with Gasteiger partial charge in [0, 0.05) is 25.2 Å². The summed E-state index contributed by atoms with van der Waals surface area (Å²) >= 11 is 5.62. The van der Waals surface area contributed by atoms with E-state index in [9.17, 15) is 14.0 Å². The minimum Gasteiger partial charge on any atom is -0.480 e. The van der Waals surface area contributed by atoms with Gasteiger partial charge in [0.25, 0.3) is 5.91 Å². The van der Waals surface area contributed by atoms with Gasteiger partial charge in [-0.1, -0.05) is 11.6 Å². The fourth-order valence-electron chi connectivity index (χ4n) is 1.96. The van der Waals surface area contributed by atoms with Gasteiger partial charge in [-0.2, -0.15) is 0 Å². The molecule has 0 saturated carbocycles. The third-order valence-corrected chi connectivity index (χ3v) is 3.25. The van der Waals surface area contributed by atoms with Crippen LogP contribution in [0.25, 0.3) is 0 Å². The van der Waals surface area contributed by atoms with E-state index in [-0.39, 0.29) is 23.7 Å². The number of amides is 1. The SMILES string of the molecule is O=C(O)C1CNCCN1C(=O)c1ccc(F)c(Cl)c1. The van der Waals surface area contributed by atoms with E-state index in [1.807, 2.05) is 0 Å². The number of aliphatic carboxylic acids is 1. The Morgan fingerprint density at radius 1 is 1.47 bits per heavy atom. The van der Waals surface area contributed by atoms with Crippen LogP contribution in [-0.4, -0.2) is 47.6 Å². The second-order valence-electron chi connectivity index (χ2n) is 4.19. The maximum Gasteiger partial charge on any atom is 0.327 e. The molecule has 19 heavy (non-hydrogen) atoms. The summed E-state index contributed by atoms with van der Waals surface area (Å²) in [5.74, 6) is -2.15. The molecule has 0 spiro atoms. The number of nitrogens with zero attached hydrogens (tertiary/aromatic N) is 1. The third-order valence-electron chi connectivity index (χ3n) is 2.96. The van der Waals surface area contributed by atoms with Crippen molar-refractivity contribution in [1.82, 2.24) is 10.2 Å². The number of halogens is 2. The molecule has 1 aromatic rings. The summed E-state index contributed by atoms with van der Waals surface area (Å²) in [7, 11) is 0. The molecule has 1 unspecified atom stereocenters. The van der Waals surface area contributed by atoms with E-state index in [0.717, 1.165) is 6.07 Å². The first kappa shape index (κ1) is 13.8. The highest BCUT2D eigenvalue weighted by Gasteiger charge is 2.32. The molecule has 1 saturated heterocycles. The zero-order chi connectivity index (χ0) is 14.0. The van der Waals surface area contributed by atoms with Crippen molar-refractivity contribution in [3.63, 3.8) is 0 Å². The number of nitrogens with one attached hydrogen (secondary N) is 1. The number of carboxylic acid groups (broad SMARTS) is 1. The molecule has 1 amide bonds. The molecule has 1 atom stereocenters. The number of carboxylic acids is 1. The molecular formula is C12H12ClFN2O3. The number of hydrogen-bond acceptors (Lipinski definition) is 3. The molecule has 1 aliphatic rings. The third kappa shape index (κ3) is 2.85. The summed E-state index contributed by atoms with van der Waals surface area (Å²) < 4.78 is 13.0. The highest BCUT2D eigenvalue weighted by Crippen LogP contribution is 2.18. The molecule has 7 heteroatoms. The van der Waals surface area contributed by atoms with Crippen molar-refractivity contribution in [2.24, 2.45) is 0 Å². The Balaban J connectivity index is 2.26. The molecule has 102 valence electrons. The summed E-state index contributed by atoms with van der Waals surface area (Å²) in [6.45, 7) is 0.991. The molecule has 1 aliphatic heterocycles. The lowest BCUT2D eigenvalue weighted by Crippen LogP contribution is -2.56. The van der Waals surface area contributed by atoms with Crippen molar-refractivity contribution >= 4 is 23.5 Å². The van der Waals surface area contributed by atoms with Crippen LogP contribution in [0.2, 0.25) is 5.02 Å². The van der Waals surface area contributed by atoms with Gasteiger partial charge in [-0.05, 0) is 18.2 Å². The van der Waals surface area contributed by atoms with E-state index in [1.54, 1.807) is 0 Å². The number of benzene rings is 1. The van der Waals surface area contributed by atoms with Crippen molar-refractivity contribution in [1.29, 1.82) is 0 Å². The summed E-state index contributed by atoms with van der Waals surface area (Å²) in [4.78, 5) is 24.6. The Kier molecular flexibility index (Phi) is 4.01. The fraction of sp³-hybridized carbons (Fsp3) is 0.333. The van der Waals surface area contributed by atoms with Crippen LogP contribution in [0, 0.1) is 5.82 Å². The minimum atomic E-state index is -1.08. The molecule has 0 radical (unpaired) electrons. The lowest BCUT2D eigenvalue weighted by molar-refractivity contribution is -0.142. The highest BCUT2D eigenvalue weighted by atomic mass is 35.5. The predicted molar refractivity (Wildman–Crippen MR) is 66.7 cm³/mol. The number of piperazine rings is 1. The first-order valence-corrected chi connectivity index (χ1v) is 6.08. The Bertz CT molecular complexity index is 524. The van der Waals surface area contributed by atoms with Crippen LogP contribution in [0.15, 0.2) is 18.2 Å². The van der Waals surface area contributed by atoms with Gasteiger partial charge in [0.05, 0.1) is 5.02 Å². The quantitative estimate of drug-likeness (QED) is 0.850. The van der Waals surface area contributed by atoms with Crippen molar-refractivity contribution in [3.05, 3.63) is 34.6 Å². The van der Waals surface area contributed by atoms with E-state index in [2.05, 4.69) is 5.32 Å². The molecule has 0 bridgehead atoms. The maximum atomic E-state index is 13.0. The van der Waals surface area contributed by atoms with Crippen LogP contribution in [-0.2, 0) is 4.79 Å². The van der Waals surface area contributed by atoms with Gasteiger partial charge in [-0.3, -0.25) is 4.79 Å². The molecule has 2 rings (SSSR count). The molecular weight excluding hydrogens is 275 g/mol. The number of carbonyl (C=O) groups is 2. The average molecular weight is 287 g/mol. The van der Waals surface area contributed by atoms with Crippen LogP contribution in [0.1, 0.15) is 10.4 Å². The zero-order valence-electron chi connectivity index (χ0n) is 9.90. The van der Waals surface area contributed by atoms with Crippen LogP contribution >= 0.6 is 11.6 Å². The number of carbonyl (C=O) groups excluding carboxylic acids is 1. The van der Waals surface area contributed by atoms with Crippen molar-refractivity contribution in [3.8, 4) is 0 Å². The summed E-state index contributed by atoms with van der Waals surface area (Å²) in [5, 5.41) is 11.8. The normalized spacial score (nSPS) is 19.3. The van der Waals surface area contributed by atoms with Crippen molar-refractivity contribution in [2.75, 3.05) is 19.6 Å². The molecule has 5 nitrogen and oxygen atoms in total. The van der Waals surface area contributed by atoms with Gasteiger partial charge in [0.2, 0.25) is 0 Å². The van der Waals surface area contributed by atoms with Crippen LogP contribution < -0.4 is 5.32 Å². The maximum absolute atomic E-state index is 13.0. The Morgan fingerprint density at radius 2 is 2.21 bits per heavy atom. The van der Waals surface area contributed by atoms with Crippen molar-refractivity contribution in [2.45, 2.75) is 6.04 Å². The molecule has 2 N–H and O–H groups in total. The Labute approximate surface area is 114 Å². The van der Waals surface area contributed by atoms with E-state index in [1.165, 1.54) is 17.0 Å². The Hall–Kier alpha value is -1.66. The largest absolute Gasteiger partial charge is 0.480 e. The van der Waals surface area contributed by atoms with Gasteiger partial charge >= 0.3 is 5.97 Å². The standard InChI is InChI=1S/C12H12ClFN2O3/c13-8-5-7(1-2-9(8)14)11(17)16-4-3-15-6-10(16)12(18)19/h1-2,5,10,15H,3-4,6H2,(H,18,19). The van der Waals surface area contributed by atoms with E-state index in [4.69, 9.17) is 16.7 Å². The predicted octanol–water partition coefficient (Wildman–Crippen LogP) is 0.978. The van der Waals surface area contributed by atoms with Gasteiger partial charge in [-0.25, -0.2) is 9.18 Å². The lowest BCUT2D eigenvalue weighted by atomic mass is 10.1. The van der Waals surface area contributed by atoms with E-state index < -0.39 is 23.7 Å². The summed E-state index contributed by atoms with van der Waals surface area (Å²) in [6.07, 6.45) is 0. The summed E-state index contributed by atoms with van der Waals surface area (Å²) in [6, 6.07) is 2.67. The second-order valence-corrected chi connectivity index (χ2v) is 4.59. The second kappa shape index (κ2) is 5.54. The fourth-order valence-corrected chi connectivity index (χ4v) is 2.14. The molecule has 1 aromatic carbocycles. The highest BCUT2D eigenvalue weighted by molar-refractivity contribution is 6.31. The lowest BCUT2D eigenvalue weighted by Gasteiger charge is -2.33. The average Bonchev–Trinajstić information content (AvgIpc) is 2.41. The van der Waals surface area contributed by atoms with Gasteiger partial charge in [0.15, 0.2) is 0 Å². The smallest absolute Gasteiger partial charge is 0.327 e. The van der Waals surface area contributed by atoms with E-state index >= 15 is 0 Å². The number of rotatable bonds is 2. The van der Waals surface area contributed by atoms with Crippen LogP contribution in [0.5, 0.6) is 0 Å². The first-order valence-electron chi connectivity index (χ1n) is 5.70. The number of hydrogen-bond donors (Lipinski definition) is 2. The molecule has 0 aliphatic carbocycles. The van der Waals surface area contributed by atoms with Gasteiger partial charge < -0.3 is 15.3 Å². The molecule has 0 aromatic heterocycles. The summed E-state index contributed by atoms with van der Waals surface area (Å²) in [5.41, 5.74) is 0.180. The van der Waals surface area contributed by atoms with Crippen molar-refractivity contribution < 1.29 is 19.1 Å². The Morgan fingerprint density at radius 3 is 2.84 bits per heavy atom. The topological polar surface area (TPSA) is 69.6 Å². The molecule has 1 fully saturated rings. The minimum absolute atomic E-state index is 0.159. The van der Waals surface area contributed by atoms with Gasteiger partial charge in [0.1, 0.15) is 11.9 Å². The van der Waals surface area contributed by atoms with Crippen LogP contribution in [0.4, 0.5) is 4.39 Å². The van der Waals surface area contributed by atoms with Gasteiger partial charge in [-0.15, -0.1) is 0 Å². The first-order chi connectivity index (χ1) is 9.00.